The number of aliphatic hydroxyl groups is 1. The van der Waals surface area contributed by atoms with Gasteiger partial charge in [-0.2, -0.15) is 11.8 Å². The monoisotopic (exact) mass is 1020 g/mol. The molecule has 26 nitrogen and oxygen atoms in total. The van der Waals surface area contributed by atoms with E-state index in [1.165, 1.54) is 24.3 Å². The number of nitrogens with zero attached hydrogens (tertiary/aromatic N) is 2. The number of aromatic amines is 1. The number of nitrogens with one attached hydrogen (secondary N) is 9. The predicted octanol–water partition coefficient (Wildman–Crippen LogP) is -3.54. The Morgan fingerprint density at radius 3 is 1.96 bits per heavy atom. The van der Waals surface area contributed by atoms with Crippen molar-refractivity contribution < 1.29 is 68.1 Å². The molecule has 1 aliphatic rings. The predicted molar refractivity (Wildman–Crippen MR) is 256 cm³/mol. The van der Waals surface area contributed by atoms with Gasteiger partial charge in [-0.25, -0.2) is 9.78 Å². The van der Waals surface area contributed by atoms with Crippen molar-refractivity contribution in [2.45, 2.75) is 135 Å². The molecular formula is C44H72N12O14S. The van der Waals surface area contributed by atoms with Gasteiger partial charge in [0.25, 0.3) is 0 Å². The van der Waals surface area contributed by atoms with E-state index in [0.29, 0.717) is 24.3 Å². The van der Waals surface area contributed by atoms with E-state index < -0.39 is 145 Å². The van der Waals surface area contributed by atoms with E-state index in [-0.39, 0.29) is 44.7 Å². The Morgan fingerprint density at radius 2 is 1.41 bits per heavy atom. The van der Waals surface area contributed by atoms with Crippen LogP contribution >= 0.6 is 11.8 Å². The van der Waals surface area contributed by atoms with Crippen molar-refractivity contribution in [3.63, 3.8) is 0 Å². The Kier molecular flexibility index (Phi) is 26.0. The molecule has 0 aromatic carbocycles. The number of rotatable bonds is 31. The summed E-state index contributed by atoms with van der Waals surface area (Å²) in [4.78, 5) is 152. The molecule has 2 heterocycles. The molecular weight excluding hydrogens is 953 g/mol. The first-order chi connectivity index (χ1) is 33.5. The molecule has 0 unspecified atom stereocenters. The highest BCUT2D eigenvalue weighted by Crippen LogP contribution is 2.20. The number of carbonyl (C=O) groups is 11. The first-order valence-corrected chi connectivity index (χ1v) is 24.8. The van der Waals surface area contributed by atoms with Crippen LogP contribution in [0.3, 0.4) is 0 Å². The number of hydrogen-bond acceptors (Lipinski definition) is 15. The molecule has 0 saturated carbocycles. The Hall–Kier alpha value is -6.35. The molecule has 1 saturated heterocycles. The van der Waals surface area contributed by atoms with Gasteiger partial charge in [0.15, 0.2) is 0 Å². The van der Waals surface area contributed by atoms with Crippen LogP contribution < -0.4 is 48.3 Å². The summed E-state index contributed by atoms with van der Waals surface area (Å²) in [5, 5.41) is 49.0. The number of aliphatic hydroxyl groups excluding tert-OH is 1. The zero-order valence-electron chi connectivity index (χ0n) is 41.2. The fraction of sp³-hybridized carbons (Fsp3) is 0.682. The summed E-state index contributed by atoms with van der Waals surface area (Å²) in [6, 6.07) is -10.7. The molecule has 0 radical (unpaired) electrons. The number of amides is 9. The molecule has 71 heavy (non-hydrogen) atoms. The average Bonchev–Trinajstić information content (AvgIpc) is 4.03. The quantitative estimate of drug-likeness (QED) is 0.0343. The second-order valence-electron chi connectivity index (χ2n) is 17.9. The minimum Gasteiger partial charge on any atom is -0.481 e. The van der Waals surface area contributed by atoms with Gasteiger partial charge in [0.2, 0.25) is 53.2 Å². The lowest BCUT2D eigenvalue weighted by molar-refractivity contribution is -0.147. The molecule has 398 valence electrons. The maximum Gasteiger partial charge on any atom is 0.326 e. The third-order valence-electron chi connectivity index (χ3n) is 11.5. The Labute approximate surface area is 416 Å². The lowest BCUT2D eigenvalue weighted by atomic mass is 9.96. The molecule has 1 aliphatic heterocycles. The van der Waals surface area contributed by atoms with Crippen molar-refractivity contribution in [1.29, 1.82) is 0 Å². The Bertz CT molecular complexity index is 2010. The molecule has 1 aromatic heterocycles. The van der Waals surface area contributed by atoms with Gasteiger partial charge in [0, 0.05) is 24.9 Å². The first-order valence-electron chi connectivity index (χ1n) is 23.4. The highest BCUT2D eigenvalue weighted by atomic mass is 32.2. The highest BCUT2D eigenvalue weighted by Gasteiger charge is 2.40. The number of hydrogen-bond donors (Lipinski definition) is 13. The average molecular weight is 1030 g/mol. The number of nitrogens with two attached hydrogens (primary N) is 1. The van der Waals surface area contributed by atoms with Crippen LogP contribution in [0.4, 0.5) is 0 Å². The van der Waals surface area contributed by atoms with Crippen molar-refractivity contribution in [3.8, 4) is 0 Å². The maximum atomic E-state index is 14.1. The van der Waals surface area contributed by atoms with Crippen LogP contribution in [-0.4, -0.2) is 182 Å². The van der Waals surface area contributed by atoms with E-state index in [9.17, 15) is 68.1 Å². The summed E-state index contributed by atoms with van der Waals surface area (Å²) in [6.45, 7) is 8.07. The number of H-pyrrole nitrogens is 1. The number of imidazole rings is 1. The molecule has 1 aromatic rings. The summed E-state index contributed by atoms with van der Waals surface area (Å²) in [6.07, 6.45) is 4.58. The molecule has 0 aliphatic carbocycles. The Morgan fingerprint density at radius 1 is 0.789 bits per heavy atom. The standard InChI is InChI=1S/C44H72N12O14S/c1-8-24(6)36(55-38(63)26(11-13-71-7)51-39(64)27(14-22(2)3)49-32(58)17-45)42(67)52-28(15-25-18-46-21-48-25)40(65)53-30(20-57)37(62)47-19-33(59)50-29(16-34(60)61)43(68)56-12-9-10-31(56)41(66)54-35(23(4)5)44(69)70/h18,21-24,26-31,35-36,57H,8-17,19-20,45H2,1-7H3,(H,46,48)(H,47,62)(H,49,58)(H,50,59)(H,51,64)(H,52,67)(H,53,65)(H,54,66)(H,55,63)(H,60,61)(H,69,70)/t24-,26-,27-,28-,29-,30-,31-,35-,36-/m0/s1. The van der Waals surface area contributed by atoms with Crippen LogP contribution in [0.15, 0.2) is 12.5 Å². The van der Waals surface area contributed by atoms with E-state index in [1.54, 1.807) is 34.0 Å². The zero-order valence-corrected chi connectivity index (χ0v) is 42.0. The van der Waals surface area contributed by atoms with Crippen LogP contribution in [0.25, 0.3) is 0 Å². The number of likely N-dealkylation sites (tertiary alicyclic amines) is 1. The summed E-state index contributed by atoms with van der Waals surface area (Å²) in [5.41, 5.74) is 5.82. The minimum absolute atomic E-state index is 0.00236. The molecule has 27 heteroatoms. The van der Waals surface area contributed by atoms with Gasteiger partial charge >= 0.3 is 11.9 Å². The second kappa shape index (κ2) is 30.4. The summed E-state index contributed by atoms with van der Waals surface area (Å²) in [5.74, 6) is -11.0. The SMILES string of the molecule is CC[C@H](C)[C@H](NC(=O)[C@H](CCSC)NC(=O)[C@H](CC(C)C)NC(=O)CN)C(=O)N[C@@H](Cc1cnc[nH]1)C(=O)N[C@@H](CO)C(=O)NCC(=O)N[C@@H](CC(=O)O)C(=O)N1CCC[C@H]1C(=O)N[C@H](C(=O)O)C(C)C. The first kappa shape index (κ1) is 60.8. The van der Waals surface area contributed by atoms with E-state index >= 15 is 0 Å². The van der Waals surface area contributed by atoms with Gasteiger partial charge in [-0.15, -0.1) is 0 Å². The van der Waals surface area contributed by atoms with Crippen molar-refractivity contribution in [3.05, 3.63) is 18.2 Å². The van der Waals surface area contributed by atoms with Crippen molar-refractivity contribution >= 4 is 76.9 Å². The third-order valence-corrected chi connectivity index (χ3v) is 12.2. The summed E-state index contributed by atoms with van der Waals surface area (Å²) in [7, 11) is 0. The maximum absolute atomic E-state index is 14.1. The van der Waals surface area contributed by atoms with E-state index in [0.717, 1.165) is 4.90 Å². The van der Waals surface area contributed by atoms with E-state index in [1.807, 2.05) is 13.8 Å². The number of carboxylic acids is 2. The Balaban J connectivity index is 2.24. The summed E-state index contributed by atoms with van der Waals surface area (Å²) < 4.78 is 0. The van der Waals surface area contributed by atoms with E-state index in [2.05, 4.69) is 52.5 Å². The van der Waals surface area contributed by atoms with Crippen molar-refractivity contribution in [1.82, 2.24) is 57.4 Å². The van der Waals surface area contributed by atoms with Crippen LogP contribution in [0.1, 0.15) is 85.8 Å². The largest absolute Gasteiger partial charge is 0.481 e. The number of thioether (sulfide) groups is 1. The van der Waals surface area contributed by atoms with Crippen molar-refractivity contribution in [2.75, 3.05) is 38.2 Å². The van der Waals surface area contributed by atoms with E-state index in [4.69, 9.17) is 5.73 Å². The number of aromatic nitrogens is 2. The van der Waals surface area contributed by atoms with Crippen molar-refractivity contribution in [2.24, 2.45) is 23.5 Å². The van der Waals surface area contributed by atoms with Crippen LogP contribution in [0, 0.1) is 17.8 Å². The molecule has 14 N–H and O–H groups in total. The minimum atomic E-state index is -1.72. The fourth-order valence-electron chi connectivity index (χ4n) is 7.42. The van der Waals surface area contributed by atoms with Gasteiger partial charge in [-0.1, -0.05) is 48.0 Å². The molecule has 0 bridgehead atoms. The number of carboxylic acid groups (broad SMARTS) is 2. The summed E-state index contributed by atoms with van der Waals surface area (Å²) >= 11 is 1.41. The lowest BCUT2D eigenvalue weighted by Gasteiger charge is -2.29. The molecule has 9 amide bonds. The molecule has 9 atom stereocenters. The number of carbonyl (C=O) groups excluding carboxylic acids is 9. The second-order valence-corrected chi connectivity index (χ2v) is 18.9. The smallest absolute Gasteiger partial charge is 0.326 e. The topological polar surface area (TPSA) is 403 Å². The fourth-order valence-corrected chi connectivity index (χ4v) is 7.89. The van der Waals surface area contributed by atoms with Gasteiger partial charge in [-0.3, -0.25) is 47.9 Å². The number of aliphatic carboxylic acids is 2. The van der Waals surface area contributed by atoms with Gasteiger partial charge < -0.3 is 73.5 Å². The van der Waals surface area contributed by atoms with Gasteiger partial charge in [0.1, 0.15) is 48.3 Å². The van der Waals surface area contributed by atoms with Crippen LogP contribution in [-0.2, 0) is 59.2 Å². The third kappa shape index (κ3) is 20.1. The van der Waals surface area contributed by atoms with Gasteiger partial charge in [0.05, 0.1) is 32.4 Å². The molecule has 0 spiro atoms. The van der Waals surface area contributed by atoms with Gasteiger partial charge in [-0.05, 0) is 55.4 Å². The normalized spacial score (nSPS) is 16.7. The highest BCUT2D eigenvalue weighted by molar-refractivity contribution is 7.98. The van der Waals surface area contributed by atoms with Crippen LogP contribution in [0.2, 0.25) is 0 Å². The van der Waals surface area contributed by atoms with Crippen LogP contribution in [0.5, 0.6) is 0 Å². The lowest BCUT2D eigenvalue weighted by Crippen LogP contribution is -2.61. The molecule has 2 rings (SSSR count). The molecule has 1 fully saturated rings. The zero-order chi connectivity index (χ0) is 53.5.